The molecule has 0 aromatic rings. The molecule has 3 saturated carbocycles. The normalized spacial score (nSPS) is 42.6. The van der Waals surface area contributed by atoms with Crippen molar-refractivity contribution in [2.75, 3.05) is 0 Å². The topological polar surface area (TPSA) is 20.2 Å². The summed E-state index contributed by atoms with van der Waals surface area (Å²) in [6.07, 6.45) is 19.4. The van der Waals surface area contributed by atoms with Gasteiger partial charge in [0.05, 0.1) is 6.10 Å². The van der Waals surface area contributed by atoms with Crippen molar-refractivity contribution in [1.29, 1.82) is 0 Å². The van der Waals surface area contributed by atoms with Crippen LogP contribution in [0.5, 0.6) is 0 Å². The molecule has 8 atom stereocenters. The van der Waals surface area contributed by atoms with Crippen molar-refractivity contribution in [3.63, 3.8) is 0 Å². The fourth-order valence-electron chi connectivity index (χ4n) is 7.98. The predicted octanol–water partition coefficient (Wildman–Crippen LogP) is 7.64. The van der Waals surface area contributed by atoms with E-state index in [0.717, 1.165) is 37.5 Å². The number of aliphatic hydroxyl groups excluding tert-OH is 1. The van der Waals surface area contributed by atoms with Crippen molar-refractivity contribution in [2.45, 2.75) is 92.1 Å². The van der Waals surface area contributed by atoms with Crippen molar-refractivity contribution in [3.8, 4) is 0 Å². The van der Waals surface area contributed by atoms with Crippen molar-refractivity contribution >= 4 is 0 Å². The third-order valence-corrected chi connectivity index (χ3v) is 9.97. The van der Waals surface area contributed by atoms with Gasteiger partial charge in [-0.25, -0.2) is 0 Å². The van der Waals surface area contributed by atoms with Crippen LogP contribution < -0.4 is 0 Å². The van der Waals surface area contributed by atoms with Crippen molar-refractivity contribution in [3.05, 3.63) is 47.6 Å². The first-order chi connectivity index (χ1) is 14.2. The molecule has 0 amide bonds. The Hall–Kier alpha value is -1.08. The Balaban J connectivity index is 1.56. The van der Waals surface area contributed by atoms with Crippen LogP contribution in [0.3, 0.4) is 0 Å². The molecule has 1 nitrogen and oxygen atoms in total. The summed E-state index contributed by atoms with van der Waals surface area (Å²) in [6, 6.07) is 0. The van der Waals surface area contributed by atoms with Crippen molar-refractivity contribution in [1.82, 2.24) is 0 Å². The SMILES string of the molecule is C=C(C)[C@@H](/C=C/[C@@H](C)[C@H]1CC[C@H]2C3=CC=C4CC(O)CC[C@]4(C)[C@H]3CC[C@]12C)CC. The fourth-order valence-corrected chi connectivity index (χ4v) is 7.98. The summed E-state index contributed by atoms with van der Waals surface area (Å²) in [5, 5.41) is 10.2. The molecule has 0 aromatic carbocycles. The molecule has 0 saturated heterocycles. The van der Waals surface area contributed by atoms with Crippen LogP contribution in [0, 0.1) is 40.4 Å². The molecule has 0 aromatic heterocycles. The maximum absolute atomic E-state index is 10.2. The Kier molecular flexibility index (Phi) is 5.99. The largest absolute Gasteiger partial charge is 0.393 e. The van der Waals surface area contributed by atoms with Crippen LogP contribution in [-0.2, 0) is 0 Å². The minimum atomic E-state index is -0.122. The molecule has 0 heterocycles. The highest BCUT2D eigenvalue weighted by molar-refractivity contribution is 5.39. The second-order valence-corrected chi connectivity index (χ2v) is 11.6. The minimum absolute atomic E-state index is 0.122. The summed E-state index contributed by atoms with van der Waals surface area (Å²) in [7, 11) is 0. The van der Waals surface area contributed by atoms with Crippen LogP contribution in [-0.4, -0.2) is 11.2 Å². The van der Waals surface area contributed by atoms with E-state index < -0.39 is 0 Å². The number of fused-ring (bicyclic) bond motifs is 5. The Bertz CT molecular complexity index is 769. The second-order valence-electron chi connectivity index (χ2n) is 11.6. The lowest BCUT2D eigenvalue weighted by Crippen LogP contribution is -2.46. The molecule has 1 heteroatoms. The van der Waals surface area contributed by atoms with Gasteiger partial charge in [-0.1, -0.05) is 75.3 Å². The molecule has 0 radical (unpaired) electrons. The second kappa shape index (κ2) is 8.12. The van der Waals surface area contributed by atoms with Crippen LogP contribution in [0.1, 0.15) is 86.0 Å². The maximum Gasteiger partial charge on any atom is 0.0578 e. The summed E-state index contributed by atoms with van der Waals surface area (Å²) in [6.45, 7) is 16.2. The zero-order chi connectivity index (χ0) is 21.7. The van der Waals surface area contributed by atoms with E-state index in [1.165, 1.54) is 36.8 Å². The highest BCUT2D eigenvalue weighted by Crippen LogP contribution is 2.65. The molecule has 166 valence electrons. The van der Waals surface area contributed by atoms with E-state index in [0.29, 0.717) is 28.6 Å². The third kappa shape index (κ3) is 3.50. The first kappa shape index (κ1) is 22.1. The van der Waals surface area contributed by atoms with Gasteiger partial charge in [0.25, 0.3) is 0 Å². The van der Waals surface area contributed by atoms with E-state index >= 15 is 0 Å². The van der Waals surface area contributed by atoms with E-state index in [9.17, 15) is 5.11 Å². The Labute approximate surface area is 185 Å². The lowest BCUT2D eigenvalue weighted by Gasteiger charge is -2.55. The molecule has 4 aliphatic rings. The lowest BCUT2D eigenvalue weighted by atomic mass is 9.50. The van der Waals surface area contributed by atoms with Gasteiger partial charge in [0.15, 0.2) is 0 Å². The number of hydrogen-bond donors (Lipinski definition) is 1. The van der Waals surface area contributed by atoms with Crippen LogP contribution in [0.15, 0.2) is 47.6 Å². The Morgan fingerprint density at radius 1 is 1.13 bits per heavy atom. The van der Waals surface area contributed by atoms with E-state index in [-0.39, 0.29) is 6.10 Å². The molecule has 4 rings (SSSR count). The molecule has 0 bridgehead atoms. The van der Waals surface area contributed by atoms with E-state index in [1.807, 2.05) is 0 Å². The molecule has 0 aliphatic heterocycles. The molecule has 30 heavy (non-hydrogen) atoms. The summed E-state index contributed by atoms with van der Waals surface area (Å²) >= 11 is 0. The van der Waals surface area contributed by atoms with Crippen molar-refractivity contribution < 1.29 is 5.11 Å². The Morgan fingerprint density at radius 2 is 1.90 bits per heavy atom. The quantitative estimate of drug-likeness (QED) is 0.463. The van der Waals surface area contributed by atoms with Gasteiger partial charge in [0.1, 0.15) is 0 Å². The van der Waals surface area contributed by atoms with Gasteiger partial charge >= 0.3 is 0 Å². The van der Waals surface area contributed by atoms with Gasteiger partial charge in [-0.3, -0.25) is 0 Å². The van der Waals surface area contributed by atoms with Gasteiger partial charge in [-0.05, 0) is 98.7 Å². The summed E-state index contributed by atoms with van der Waals surface area (Å²) in [5.41, 5.74) is 5.31. The molecule has 1 unspecified atom stereocenters. The van der Waals surface area contributed by atoms with Crippen LogP contribution in [0.2, 0.25) is 0 Å². The summed E-state index contributed by atoms with van der Waals surface area (Å²) < 4.78 is 0. The van der Waals surface area contributed by atoms with Crippen LogP contribution >= 0.6 is 0 Å². The molecule has 1 N–H and O–H groups in total. The molecular weight excluding hydrogens is 364 g/mol. The monoisotopic (exact) mass is 408 g/mol. The highest BCUT2D eigenvalue weighted by atomic mass is 16.3. The third-order valence-electron chi connectivity index (χ3n) is 9.97. The first-order valence-electron chi connectivity index (χ1n) is 12.6. The first-order valence-corrected chi connectivity index (χ1v) is 12.6. The zero-order valence-electron chi connectivity index (χ0n) is 20.1. The van der Waals surface area contributed by atoms with Gasteiger partial charge in [-0.2, -0.15) is 0 Å². The zero-order valence-corrected chi connectivity index (χ0v) is 20.1. The predicted molar refractivity (Wildman–Crippen MR) is 128 cm³/mol. The van der Waals surface area contributed by atoms with Gasteiger partial charge in [0.2, 0.25) is 0 Å². The maximum atomic E-state index is 10.2. The Morgan fingerprint density at radius 3 is 2.60 bits per heavy atom. The van der Waals surface area contributed by atoms with E-state index in [2.05, 4.69) is 65.5 Å². The number of aliphatic hydroxyl groups is 1. The molecule has 3 fully saturated rings. The van der Waals surface area contributed by atoms with Gasteiger partial charge in [-0.15, -0.1) is 0 Å². The van der Waals surface area contributed by atoms with Crippen LogP contribution in [0.25, 0.3) is 0 Å². The molecular formula is C29H44O. The standard InChI is InChI=1S/C29H44O/c1-7-21(19(2)3)9-8-20(4)25-12-13-26-24-11-10-22-18-23(30)14-16-28(22,5)27(24)15-17-29(25,26)6/h8-11,20-21,23,25-27,30H,2,7,12-18H2,1,3-6H3/b9-8+/t20-,21-,23?,25-,26+,27+,28+,29-/m1/s1. The van der Waals surface area contributed by atoms with E-state index in [4.69, 9.17) is 0 Å². The molecule has 0 spiro atoms. The number of allylic oxidation sites excluding steroid dienone is 6. The fraction of sp³-hybridized carbons (Fsp3) is 0.724. The van der Waals surface area contributed by atoms with Gasteiger partial charge in [0, 0.05) is 0 Å². The lowest BCUT2D eigenvalue weighted by molar-refractivity contribution is 0.0383. The average Bonchev–Trinajstić information content (AvgIpc) is 3.06. The average molecular weight is 409 g/mol. The highest BCUT2D eigenvalue weighted by Gasteiger charge is 2.56. The summed E-state index contributed by atoms with van der Waals surface area (Å²) in [4.78, 5) is 0. The van der Waals surface area contributed by atoms with Gasteiger partial charge < -0.3 is 5.11 Å². The smallest absolute Gasteiger partial charge is 0.0578 e. The number of rotatable bonds is 5. The van der Waals surface area contributed by atoms with Crippen LogP contribution in [0.4, 0.5) is 0 Å². The number of hydrogen-bond acceptors (Lipinski definition) is 1. The van der Waals surface area contributed by atoms with E-state index in [1.54, 1.807) is 5.57 Å². The molecule has 4 aliphatic carbocycles. The summed E-state index contributed by atoms with van der Waals surface area (Å²) in [5.74, 6) is 3.41. The van der Waals surface area contributed by atoms with Crippen molar-refractivity contribution in [2.24, 2.45) is 40.4 Å². The minimum Gasteiger partial charge on any atom is -0.393 e.